The van der Waals surface area contributed by atoms with E-state index in [4.69, 9.17) is 0 Å². The van der Waals surface area contributed by atoms with Crippen molar-refractivity contribution in [3.8, 4) is 0 Å². The molecule has 0 unspecified atom stereocenters. The van der Waals surface area contributed by atoms with Crippen LogP contribution in [-0.4, -0.2) is 61.9 Å². The molecule has 0 saturated carbocycles. The normalized spacial score (nSPS) is 14.0. The molecule has 190 valence electrons. The second-order valence-electron chi connectivity index (χ2n) is 9.00. The number of piperazine rings is 1. The van der Waals surface area contributed by atoms with E-state index in [2.05, 4.69) is 57.5 Å². The van der Waals surface area contributed by atoms with Gasteiger partial charge >= 0.3 is 0 Å². The molecule has 1 amide bonds. The maximum absolute atomic E-state index is 12.8. The van der Waals surface area contributed by atoms with Gasteiger partial charge in [0.15, 0.2) is 5.13 Å². The molecule has 1 aromatic carbocycles. The van der Waals surface area contributed by atoms with Crippen molar-refractivity contribution in [1.82, 2.24) is 29.8 Å². The number of amides is 1. The lowest BCUT2D eigenvalue weighted by Crippen LogP contribution is -2.46. The second kappa shape index (κ2) is 11.0. The van der Waals surface area contributed by atoms with Crippen molar-refractivity contribution in [3.63, 3.8) is 0 Å². The van der Waals surface area contributed by atoms with Crippen molar-refractivity contribution in [2.75, 3.05) is 41.7 Å². The van der Waals surface area contributed by atoms with Gasteiger partial charge in [-0.3, -0.25) is 20.0 Å². The second-order valence-corrected chi connectivity index (χ2v) is 10.0. The highest BCUT2D eigenvalue weighted by atomic mass is 32.1. The quantitative estimate of drug-likeness (QED) is 0.378. The summed E-state index contributed by atoms with van der Waals surface area (Å²) in [5, 5.41) is 6.70. The average molecular weight is 516 g/mol. The largest absolute Gasteiger partial charge is 0.338 e. The molecule has 37 heavy (non-hydrogen) atoms. The number of aromatic nitrogens is 5. The number of carbonyl (C=O) groups is 1. The summed E-state index contributed by atoms with van der Waals surface area (Å²) in [6.45, 7) is 10.2. The predicted octanol–water partition coefficient (Wildman–Crippen LogP) is 3.97. The first-order chi connectivity index (χ1) is 17.9. The fraction of sp³-hybridized carbons (Fsp3) is 0.308. The van der Waals surface area contributed by atoms with E-state index in [9.17, 15) is 4.79 Å². The third kappa shape index (κ3) is 6.07. The van der Waals surface area contributed by atoms with Crippen molar-refractivity contribution in [3.05, 3.63) is 76.3 Å². The highest BCUT2D eigenvalue weighted by Gasteiger charge is 2.21. The molecule has 1 saturated heterocycles. The first-order valence-corrected chi connectivity index (χ1v) is 13.0. The van der Waals surface area contributed by atoms with E-state index >= 15 is 0 Å². The Hall–Kier alpha value is -3.96. The zero-order chi connectivity index (χ0) is 25.8. The van der Waals surface area contributed by atoms with Crippen LogP contribution in [0.1, 0.15) is 32.2 Å². The Labute approximate surface area is 219 Å². The van der Waals surface area contributed by atoms with Gasteiger partial charge in [0, 0.05) is 50.8 Å². The van der Waals surface area contributed by atoms with Crippen LogP contribution in [0.4, 0.5) is 22.7 Å². The molecule has 0 spiro atoms. The van der Waals surface area contributed by atoms with Gasteiger partial charge in [-0.1, -0.05) is 29.5 Å². The molecule has 3 aromatic heterocycles. The molecule has 4 aromatic rings. The van der Waals surface area contributed by atoms with Crippen LogP contribution in [0.25, 0.3) is 0 Å². The molecule has 1 aliphatic heterocycles. The lowest BCUT2D eigenvalue weighted by Gasteiger charge is -2.34. The van der Waals surface area contributed by atoms with Crippen LogP contribution in [0.3, 0.4) is 0 Å². The van der Waals surface area contributed by atoms with E-state index in [0.29, 0.717) is 27.7 Å². The SMILES string of the molecule is Cc1nc(Nc2ncc(C(=O)Nc3c(C)cccc3C)s2)nc(N2CCN(Cc3ccncc3)CC2)n1. The maximum atomic E-state index is 12.8. The lowest BCUT2D eigenvalue weighted by molar-refractivity contribution is 0.103. The van der Waals surface area contributed by atoms with Crippen molar-refractivity contribution in [2.24, 2.45) is 0 Å². The van der Waals surface area contributed by atoms with Gasteiger partial charge in [-0.05, 0) is 49.6 Å². The molecular formula is C26H29N9OS. The van der Waals surface area contributed by atoms with Gasteiger partial charge in [-0.25, -0.2) is 4.98 Å². The van der Waals surface area contributed by atoms with Crippen molar-refractivity contribution >= 4 is 40.0 Å². The van der Waals surface area contributed by atoms with E-state index in [1.165, 1.54) is 16.9 Å². The van der Waals surface area contributed by atoms with Crippen LogP contribution in [0.15, 0.2) is 48.9 Å². The Kier molecular flexibility index (Phi) is 7.33. The third-order valence-corrected chi connectivity index (χ3v) is 7.13. The van der Waals surface area contributed by atoms with Crippen LogP contribution < -0.4 is 15.5 Å². The van der Waals surface area contributed by atoms with Crippen LogP contribution in [0, 0.1) is 20.8 Å². The summed E-state index contributed by atoms with van der Waals surface area (Å²) in [5.74, 6) is 1.48. The number of anilines is 4. The molecule has 2 N–H and O–H groups in total. The standard InChI is InChI=1S/C26H29N9OS/c1-17-5-4-6-18(2)22(17)31-23(36)21-15-28-26(37-21)33-24-29-19(3)30-25(32-24)35-13-11-34(12-14-35)16-20-7-9-27-10-8-20/h4-10,15H,11-14,16H2,1-3H3,(H,31,36)(H,28,29,30,32,33). The molecule has 1 aliphatic rings. The smallest absolute Gasteiger partial charge is 0.267 e. The van der Waals surface area contributed by atoms with E-state index < -0.39 is 0 Å². The zero-order valence-electron chi connectivity index (χ0n) is 21.1. The number of para-hydroxylation sites is 1. The van der Waals surface area contributed by atoms with Gasteiger partial charge in [0.2, 0.25) is 11.9 Å². The number of aryl methyl sites for hydroxylation is 3. The Morgan fingerprint density at radius 1 is 0.973 bits per heavy atom. The number of hydrogen-bond donors (Lipinski definition) is 2. The number of thiazole rings is 1. The minimum absolute atomic E-state index is 0.194. The fourth-order valence-corrected chi connectivity index (χ4v) is 4.94. The van der Waals surface area contributed by atoms with Gasteiger partial charge in [0.1, 0.15) is 10.7 Å². The van der Waals surface area contributed by atoms with E-state index in [1.54, 1.807) is 6.20 Å². The third-order valence-electron chi connectivity index (χ3n) is 6.21. The first-order valence-electron chi connectivity index (χ1n) is 12.1. The Bertz CT molecular complexity index is 1360. The van der Waals surface area contributed by atoms with Gasteiger partial charge in [0.05, 0.1) is 6.20 Å². The molecule has 0 radical (unpaired) electrons. The highest BCUT2D eigenvalue weighted by molar-refractivity contribution is 7.17. The van der Waals surface area contributed by atoms with Crippen LogP contribution in [0.5, 0.6) is 0 Å². The fourth-order valence-electron chi connectivity index (χ4n) is 4.24. The van der Waals surface area contributed by atoms with Crippen LogP contribution in [-0.2, 0) is 6.54 Å². The Morgan fingerprint density at radius 2 is 1.70 bits per heavy atom. The molecule has 4 heterocycles. The minimum Gasteiger partial charge on any atom is -0.338 e. The molecule has 1 fully saturated rings. The molecule has 11 heteroatoms. The van der Waals surface area contributed by atoms with E-state index in [1.807, 2.05) is 51.4 Å². The van der Waals surface area contributed by atoms with Gasteiger partial charge in [0.25, 0.3) is 5.91 Å². The molecule has 5 rings (SSSR count). The monoisotopic (exact) mass is 515 g/mol. The summed E-state index contributed by atoms with van der Waals surface area (Å²) in [5.41, 5.74) is 4.12. The Morgan fingerprint density at radius 3 is 2.43 bits per heavy atom. The first kappa shape index (κ1) is 24.7. The number of benzene rings is 1. The lowest BCUT2D eigenvalue weighted by atomic mass is 10.1. The van der Waals surface area contributed by atoms with Gasteiger partial charge < -0.3 is 10.2 Å². The minimum atomic E-state index is -0.194. The van der Waals surface area contributed by atoms with Gasteiger partial charge in [-0.2, -0.15) is 15.0 Å². The van der Waals surface area contributed by atoms with Crippen molar-refractivity contribution in [2.45, 2.75) is 27.3 Å². The molecule has 0 atom stereocenters. The van der Waals surface area contributed by atoms with Gasteiger partial charge in [-0.15, -0.1) is 0 Å². The maximum Gasteiger partial charge on any atom is 0.267 e. The summed E-state index contributed by atoms with van der Waals surface area (Å²) in [6.07, 6.45) is 5.22. The summed E-state index contributed by atoms with van der Waals surface area (Å²) in [6, 6.07) is 10.0. The zero-order valence-corrected chi connectivity index (χ0v) is 21.9. The van der Waals surface area contributed by atoms with Crippen LogP contribution >= 0.6 is 11.3 Å². The highest BCUT2D eigenvalue weighted by Crippen LogP contribution is 2.25. The van der Waals surface area contributed by atoms with Crippen LogP contribution in [0.2, 0.25) is 0 Å². The number of rotatable bonds is 7. The van der Waals surface area contributed by atoms with Crippen molar-refractivity contribution < 1.29 is 4.79 Å². The number of nitrogens with zero attached hydrogens (tertiary/aromatic N) is 7. The molecule has 0 aliphatic carbocycles. The molecular weight excluding hydrogens is 486 g/mol. The summed E-state index contributed by atoms with van der Waals surface area (Å²) in [7, 11) is 0. The number of hydrogen-bond acceptors (Lipinski definition) is 10. The predicted molar refractivity (Wildman–Crippen MR) is 146 cm³/mol. The molecule has 10 nitrogen and oxygen atoms in total. The van der Waals surface area contributed by atoms with E-state index in [-0.39, 0.29) is 5.91 Å². The summed E-state index contributed by atoms with van der Waals surface area (Å²) in [4.78, 5) is 40.0. The topological polar surface area (TPSA) is 112 Å². The van der Waals surface area contributed by atoms with E-state index in [0.717, 1.165) is 49.5 Å². The number of pyridine rings is 1. The Balaban J connectivity index is 1.22. The summed E-state index contributed by atoms with van der Waals surface area (Å²) >= 11 is 1.26. The average Bonchev–Trinajstić information content (AvgIpc) is 3.35. The summed E-state index contributed by atoms with van der Waals surface area (Å²) < 4.78 is 0. The molecule has 0 bridgehead atoms. The number of carbonyl (C=O) groups excluding carboxylic acids is 1. The van der Waals surface area contributed by atoms with Crippen molar-refractivity contribution in [1.29, 1.82) is 0 Å². The number of nitrogens with one attached hydrogen (secondary N) is 2.